The molecule has 0 radical (unpaired) electrons. The van der Waals surface area contributed by atoms with E-state index in [-0.39, 0.29) is 0 Å². The van der Waals surface area contributed by atoms with E-state index >= 15 is 0 Å². The maximum Gasteiger partial charge on any atom is 0.231 e. The van der Waals surface area contributed by atoms with Crippen LogP contribution in [0.15, 0.2) is 12.4 Å². The molecule has 0 spiro atoms. The van der Waals surface area contributed by atoms with Crippen LogP contribution >= 0.6 is 0 Å². The van der Waals surface area contributed by atoms with Crippen LogP contribution in [0.2, 0.25) is 0 Å². The second-order valence-electron chi connectivity index (χ2n) is 3.57. The van der Waals surface area contributed by atoms with E-state index in [9.17, 15) is 0 Å². The van der Waals surface area contributed by atoms with Gasteiger partial charge in [0.15, 0.2) is 0 Å². The second-order valence-corrected chi connectivity index (χ2v) is 3.57. The lowest BCUT2D eigenvalue weighted by molar-refractivity contribution is 0.394. The molecule has 4 heteroatoms. The summed E-state index contributed by atoms with van der Waals surface area (Å²) < 4.78 is 4.92. The fourth-order valence-corrected chi connectivity index (χ4v) is 1.03. The number of aromatic nitrogens is 2. The molecule has 0 amide bonds. The molecule has 0 bridgehead atoms. The Morgan fingerprint density at radius 2 is 2.14 bits per heavy atom. The van der Waals surface area contributed by atoms with Crippen molar-refractivity contribution in [2.45, 2.75) is 20.4 Å². The molecule has 0 saturated heterocycles. The van der Waals surface area contributed by atoms with Crippen molar-refractivity contribution >= 4 is 0 Å². The van der Waals surface area contributed by atoms with Crippen LogP contribution in [0.5, 0.6) is 5.88 Å². The highest BCUT2D eigenvalue weighted by molar-refractivity contribution is 5.06. The molecule has 1 N–H and O–H groups in total. The number of methoxy groups -OCH3 is 1. The first-order valence-electron chi connectivity index (χ1n) is 4.78. The smallest absolute Gasteiger partial charge is 0.231 e. The summed E-state index contributed by atoms with van der Waals surface area (Å²) in [6.07, 6.45) is 3.36. The van der Waals surface area contributed by atoms with Crippen LogP contribution in [0, 0.1) is 5.92 Å². The number of nitrogens with zero attached hydrogens (tertiary/aromatic N) is 2. The Bertz CT molecular complexity index is 259. The minimum absolute atomic E-state index is 0.553. The van der Waals surface area contributed by atoms with Crippen molar-refractivity contribution in [2.24, 2.45) is 5.92 Å². The van der Waals surface area contributed by atoms with E-state index in [0.717, 1.165) is 18.8 Å². The molecule has 0 saturated carbocycles. The fourth-order valence-electron chi connectivity index (χ4n) is 1.03. The van der Waals surface area contributed by atoms with Gasteiger partial charge in [-0.2, -0.15) is 0 Å². The molecule has 0 aliphatic rings. The van der Waals surface area contributed by atoms with E-state index in [1.165, 1.54) is 0 Å². The van der Waals surface area contributed by atoms with Gasteiger partial charge in [0.25, 0.3) is 0 Å². The van der Waals surface area contributed by atoms with Gasteiger partial charge in [0, 0.05) is 6.54 Å². The van der Waals surface area contributed by atoms with E-state index in [1.807, 2.05) is 0 Å². The van der Waals surface area contributed by atoms with Gasteiger partial charge in [-0.1, -0.05) is 13.8 Å². The zero-order chi connectivity index (χ0) is 10.4. The number of hydrogen-bond donors (Lipinski definition) is 1. The molecule has 1 aromatic heterocycles. The Morgan fingerprint density at radius 3 is 2.64 bits per heavy atom. The minimum Gasteiger partial charge on any atom is -0.480 e. The first-order valence-corrected chi connectivity index (χ1v) is 4.78. The highest BCUT2D eigenvalue weighted by Gasteiger charge is 1.97. The molecular formula is C10H17N3O. The van der Waals surface area contributed by atoms with Crippen molar-refractivity contribution in [1.82, 2.24) is 15.3 Å². The quantitative estimate of drug-likeness (QED) is 0.767. The molecule has 1 aromatic rings. The lowest BCUT2D eigenvalue weighted by Gasteiger charge is -2.06. The highest BCUT2D eigenvalue weighted by Crippen LogP contribution is 2.02. The predicted octanol–water partition coefficient (Wildman–Crippen LogP) is 1.23. The van der Waals surface area contributed by atoms with Crippen LogP contribution in [0.25, 0.3) is 0 Å². The van der Waals surface area contributed by atoms with E-state index in [2.05, 4.69) is 29.1 Å². The third-order valence-corrected chi connectivity index (χ3v) is 1.75. The van der Waals surface area contributed by atoms with Gasteiger partial charge in [0.2, 0.25) is 5.88 Å². The van der Waals surface area contributed by atoms with Gasteiger partial charge in [-0.3, -0.25) is 4.98 Å². The molecule has 0 aliphatic heterocycles. The first-order chi connectivity index (χ1) is 6.72. The van der Waals surface area contributed by atoms with Crippen molar-refractivity contribution in [3.05, 3.63) is 18.1 Å². The van der Waals surface area contributed by atoms with E-state index < -0.39 is 0 Å². The van der Waals surface area contributed by atoms with Crippen molar-refractivity contribution in [3.63, 3.8) is 0 Å². The summed E-state index contributed by atoms with van der Waals surface area (Å²) in [6.45, 7) is 6.10. The fraction of sp³-hybridized carbons (Fsp3) is 0.600. The molecule has 0 atom stereocenters. The van der Waals surface area contributed by atoms with E-state index in [0.29, 0.717) is 11.8 Å². The largest absolute Gasteiger partial charge is 0.480 e. The number of nitrogens with one attached hydrogen (secondary N) is 1. The second kappa shape index (κ2) is 5.54. The van der Waals surface area contributed by atoms with Crippen LogP contribution in [0.1, 0.15) is 19.5 Å². The van der Waals surface area contributed by atoms with Gasteiger partial charge in [0.05, 0.1) is 25.2 Å². The molecule has 78 valence electrons. The predicted molar refractivity (Wildman–Crippen MR) is 55.1 cm³/mol. The average molecular weight is 195 g/mol. The summed E-state index contributed by atoms with van der Waals surface area (Å²) >= 11 is 0. The summed E-state index contributed by atoms with van der Waals surface area (Å²) in [4.78, 5) is 8.27. The Balaban J connectivity index is 2.36. The summed E-state index contributed by atoms with van der Waals surface area (Å²) in [5, 5.41) is 3.30. The van der Waals surface area contributed by atoms with Crippen molar-refractivity contribution in [3.8, 4) is 5.88 Å². The molecular weight excluding hydrogens is 178 g/mol. The summed E-state index contributed by atoms with van der Waals surface area (Å²) in [5.41, 5.74) is 0.937. The zero-order valence-electron chi connectivity index (χ0n) is 8.95. The number of rotatable bonds is 5. The molecule has 0 fully saturated rings. The molecule has 0 unspecified atom stereocenters. The van der Waals surface area contributed by atoms with Gasteiger partial charge in [-0.15, -0.1) is 0 Å². The Morgan fingerprint density at radius 1 is 1.36 bits per heavy atom. The Hall–Kier alpha value is -1.16. The number of ether oxygens (including phenoxy) is 1. The van der Waals surface area contributed by atoms with Crippen LogP contribution in [-0.4, -0.2) is 23.6 Å². The molecule has 0 aliphatic carbocycles. The lowest BCUT2D eigenvalue weighted by Crippen LogP contribution is -2.19. The average Bonchev–Trinajstić information content (AvgIpc) is 2.18. The zero-order valence-corrected chi connectivity index (χ0v) is 8.95. The molecule has 4 nitrogen and oxygen atoms in total. The minimum atomic E-state index is 0.553. The monoisotopic (exact) mass is 195 g/mol. The Labute approximate surface area is 84.7 Å². The van der Waals surface area contributed by atoms with Crippen LogP contribution in [0.3, 0.4) is 0 Å². The third-order valence-electron chi connectivity index (χ3n) is 1.75. The third kappa shape index (κ3) is 3.70. The van der Waals surface area contributed by atoms with Gasteiger partial charge in [-0.05, 0) is 12.5 Å². The van der Waals surface area contributed by atoms with Gasteiger partial charge >= 0.3 is 0 Å². The van der Waals surface area contributed by atoms with Crippen molar-refractivity contribution in [2.75, 3.05) is 13.7 Å². The van der Waals surface area contributed by atoms with Crippen LogP contribution in [0.4, 0.5) is 0 Å². The summed E-state index contributed by atoms with van der Waals surface area (Å²) in [5.74, 6) is 1.21. The first kappa shape index (κ1) is 10.9. The topological polar surface area (TPSA) is 47.0 Å². The van der Waals surface area contributed by atoms with Gasteiger partial charge < -0.3 is 10.1 Å². The molecule has 14 heavy (non-hydrogen) atoms. The highest BCUT2D eigenvalue weighted by atomic mass is 16.5. The maximum atomic E-state index is 4.92. The maximum absolute atomic E-state index is 4.92. The van der Waals surface area contributed by atoms with E-state index in [4.69, 9.17) is 4.74 Å². The van der Waals surface area contributed by atoms with Gasteiger partial charge in [-0.25, -0.2) is 4.98 Å². The number of hydrogen-bond acceptors (Lipinski definition) is 4. The summed E-state index contributed by atoms with van der Waals surface area (Å²) in [6, 6.07) is 0. The Kier molecular flexibility index (Phi) is 4.32. The van der Waals surface area contributed by atoms with Crippen LogP contribution < -0.4 is 10.1 Å². The van der Waals surface area contributed by atoms with Crippen LogP contribution in [-0.2, 0) is 6.54 Å². The summed E-state index contributed by atoms with van der Waals surface area (Å²) in [7, 11) is 1.58. The normalized spacial score (nSPS) is 10.6. The lowest BCUT2D eigenvalue weighted by atomic mass is 10.2. The molecule has 1 heterocycles. The standard InChI is InChI=1S/C10H17N3O/c1-8(2)4-11-5-9-6-13-10(14-3)7-12-9/h6-8,11H,4-5H2,1-3H3. The van der Waals surface area contributed by atoms with Gasteiger partial charge in [0.1, 0.15) is 0 Å². The molecule has 1 rings (SSSR count). The molecule has 0 aromatic carbocycles. The van der Waals surface area contributed by atoms with E-state index in [1.54, 1.807) is 19.5 Å². The van der Waals surface area contributed by atoms with Crippen molar-refractivity contribution < 1.29 is 4.74 Å². The SMILES string of the molecule is COc1cnc(CNCC(C)C)cn1. The van der Waals surface area contributed by atoms with Crippen molar-refractivity contribution in [1.29, 1.82) is 0 Å².